The Morgan fingerprint density at radius 1 is 0.829 bits per heavy atom. The minimum Gasteiger partial charge on any atom is -0.340 e. The van der Waals surface area contributed by atoms with Crippen LogP contribution in [0.5, 0.6) is 0 Å². The molecule has 5 rings (SSSR count). The number of piperazine rings is 1. The van der Waals surface area contributed by atoms with Crippen LogP contribution in [0.2, 0.25) is 0 Å². The van der Waals surface area contributed by atoms with Crippen LogP contribution in [0.1, 0.15) is 29.3 Å². The van der Waals surface area contributed by atoms with Crippen LogP contribution in [0.3, 0.4) is 0 Å². The highest BCUT2D eigenvalue weighted by atomic mass is 19.1. The summed E-state index contributed by atoms with van der Waals surface area (Å²) in [6.07, 6.45) is 0.441. The third-order valence-corrected chi connectivity index (χ3v) is 6.48. The predicted molar refractivity (Wildman–Crippen MR) is 130 cm³/mol. The molecule has 7 nitrogen and oxygen atoms in total. The number of halogens is 1. The van der Waals surface area contributed by atoms with E-state index in [2.05, 4.69) is 44.7 Å². The van der Waals surface area contributed by atoms with Gasteiger partial charge in [-0.05, 0) is 45.8 Å². The van der Waals surface area contributed by atoms with Crippen LogP contribution < -0.4 is 0 Å². The maximum absolute atomic E-state index is 13.3. The van der Waals surface area contributed by atoms with Crippen molar-refractivity contribution in [1.82, 2.24) is 30.0 Å². The van der Waals surface area contributed by atoms with Gasteiger partial charge in [0.25, 0.3) is 0 Å². The van der Waals surface area contributed by atoms with E-state index >= 15 is 0 Å². The zero-order chi connectivity index (χ0) is 24.0. The molecule has 0 atom stereocenters. The first-order valence-electron chi connectivity index (χ1n) is 11.8. The number of nitrogens with zero attached hydrogens (tertiary/aromatic N) is 6. The maximum Gasteiger partial charge on any atom is 0.223 e. The zero-order valence-electron chi connectivity index (χ0n) is 19.4. The fourth-order valence-corrected chi connectivity index (χ4v) is 4.55. The summed E-state index contributed by atoms with van der Waals surface area (Å²) in [5.41, 5.74) is 3.02. The number of carbonyl (C=O) groups excluding carboxylic acids is 1. The van der Waals surface area contributed by atoms with Gasteiger partial charge in [-0.2, -0.15) is 4.68 Å². The highest BCUT2D eigenvalue weighted by Crippen LogP contribution is 2.29. The van der Waals surface area contributed by atoms with Gasteiger partial charge in [0.05, 0.1) is 12.2 Å². The second-order valence-electron chi connectivity index (χ2n) is 8.72. The van der Waals surface area contributed by atoms with Crippen LogP contribution in [0, 0.1) is 5.82 Å². The van der Waals surface area contributed by atoms with Gasteiger partial charge in [0.15, 0.2) is 5.82 Å². The van der Waals surface area contributed by atoms with Gasteiger partial charge in [-0.1, -0.05) is 60.7 Å². The van der Waals surface area contributed by atoms with Crippen LogP contribution in [-0.2, 0) is 11.3 Å². The maximum atomic E-state index is 13.3. The Morgan fingerprint density at radius 3 is 2.03 bits per heavy atom. The lowest BCUT2D eigenvalue weighted by Crippen LogP contribution is -2.48. The van der Waals surface area contributed by atoms with E-state index in [1.807, 2.05) is 41.3 Å². The van der Waals surface area contributed by atoms with Crippen molar-refractivity contribution in [2.45, 2.75) is 18.9 Å². The van der Waals surface area contributed by atoms with Gasteiger partial charge in [0.2, 0.25) is 5.91 Å². The number of hydrogen-bond donors (Lipinski definition) is 0. The van der Waals surface area contributed by atoms with Gasteiger partial charge in [-0.15, -0.1) is 5.10 Å². The highest BCUT2D eigenvalue weighted by molar-refractivity contribution is 5.78. The molecule has 1 aromatic heterocycles. The molecule has 1 fully saturated rings. The minimum absolute atomic E-state index is 0.0308. The molecule has 3 aromatic carbocycles. The Morgan fingerprint density at radius 2 is 1.43 bits per heavy atom. The quantitative estimate of drug-likeness (QED) is 0.412. The average molecular weight is 471 g/mol. The molecule has 0 unspecified atom stereocenters. The summed E-state index contributed by atoms with van der Waals surface area (Å²) >= 11 is 0. The number of aromatic nitrogens is 4. The molecule has 0 saturated carbocycles. The van der Waals surface area contributed by atoms with Gasteiger partial charge in [-0.25, -0.2) is 4.39 Å². The van der Waals surface area contributed by atoms with Gasteiger partial charge in [-0.3, -0.25) is 9.69 Å². The van der Waals surface area contributed by atoms with Crippen LogP contribution in [0.25, 0.3) is 5.69 Å². The SMILES string of the molecule is O=C(CC(c1ccccc1)c1ccccc1)N1CCN(Cc2nnnn2-c2ccc(F)cc2)CC1. The van der Waals surface area contributed by atoms with Crippen LogP contribution in [0.15, 0.2) is 84.9 Å². The third-order valence-electron chi connectivity index (χ3n) is 6.48. The normalized spacial score (nSPS) is 14.4. The summed E-state index contributed by atoms with van der Waals surface area (Å²) in [5.74, 6) is 0.581. The molecule has 35 heavy (non-hydrogen) atoms. The predicted octanol–water partition coefficient (Wildman–Crippen LogP) is 3.67. The molecular weight excluding hydrogens is 443 g/mol. The number of benzene rings is 3. The Balaban J connectivity index is 1.21. The Hall–Kier alpha value is -3.91. The van der Waals surface area contributed by atoms with Gasteiger partial charge >= 0.3 is 0 Å². The third kappa shape index (κ3) is 5.44. The Labute approximate surface area is 203 Å². The molecule has 2 heterocycles. The molecule has 0 spiro atoms. The van der Waals surface area contributed by atoms with E-state index in [1.165, 1.54) is 12.1 Å². The molecular formula is C27H27FN6O. The standard InChI is InChI=1S/C27H27FN6O/c28-23-11-13-24(14-12-23)34-26(29-30-31-34)20-32-15-17-33(18-16-32)27(35)19-25(21-7-3-1-4-8-21)22-9-5-2-6-10-22/h1-14,25H,15-20H2. The van der Waals surface area contributed by atoms with E-state index < -0.39 is 0 Å². The van der Waals surface area contributed by atoms with Crippen molar-refractivity contribution in [2.24, 2.45) is 0 Å². The topological polar surface area (TPSA) is 67.2 Å². The summed E-state index contributed by atoms with van der Waals surface area (Å²) in [6.45, 7) is 3.36. The van der Waals surface area contributed by atoms with Crippen molar-refractivity contribution in [3.05, 3.63) is 108 Å². The van der Waals surface area contributed by atoms with Crippen molar-refractivity contribution in [3.8, 4) is 5.69 Å². The van der Waals surface area contributed by atoms with E-state index in [0.717, 1.165) is 24.2 Å². The highest BCUT2D eigenvalue weighted by Gasteiger charge is 2.26. The molecule has 178 valence electrons. The first kappa shape index (κ1) is 22.9. The largest absolute Gasteiger partial charge is 0.340 e. The number of amides is 1. The minimum atomic E-state index is -0.300. The smallest absolute Gasteiger partial charge is 0.223 e. The second-order valence-corrected chi connectivity index (χ2v) is 8.72. The number of carbonyl (C=O) groups is 1. The molecule has 1 amide bonds. The number of rotatable bonds is 7. The lowest BCUT2D eigenvalue weighted by molar-refractivity contribution is -0.133. The monoisotopic (exact) mass is 470 g/mol. The molecule has 4 aromatic rings. The molecule has 1 saturated heterocycles. The molecule has 0 N–H and O–H groups in total. The van der Waals surface area contributed by atoms with Crippen molar-refractivity contribution < 1.29 is 9.18 Å². The second kappa shape index (κ2) is 10.6. The summed E-state index contributed by atoms with van der Waals surface area (Å²) in [4.78, 5) is 17.5. The van der Waals surface area contributed by atoms with Crippen molar-refractivity contribution in [2.75, 3.05) is 26.2 Å². The molecule has 1 aliphatic heterocycles. The van der Waals surface area contributed by atoms with Crippen LogP contribution in [0.4, 0.5) is 4.39 Å². The van der Waals surface area contributed by atoms with Crippen LogP contribution >= 0.6 is 0 Å². The zero-order valence-corrected chi connectivity index (χ0v) is 19.4. The van der Waals surface area contributed by atoms with E-state index in [0.29, 0.717) is 37.6 Å². The van der Waals surface area contributed by atoms with Gasteiger partial charge < -0.3 is 4.90 Å². The van der Waals surface area contributed by atoms with E-state index in [-0.39, 0.29) is 17.6 Å². The summed E-state index contributed by atoms with van der Waals surface area (Å²) in [6, 6.07) is 26.5. The lowest BCUT2D eigenvalue weighted by atomic mass is 9.88. The number of tetrazole rings is 1. The van der Waals surface area contributed by atoms with E-state index in [1.54, 1.807) is 16.8 Å². The van der Waals surface area contributed by atoms with E-state index in [4.69, 9.17) is 0 Å². The molecule has 0 aliphatic carbocycles. The fourth-order valence-electron chi connectivity index (χ4n) is 4.55. The Bertz CT molecular complexity index is 1200. The lowest BCUT2D eigenvalue weighted by Gasteiger charge is -2.35. The molecule has 0 bridgehead atoms. The van der Waals surface area contributed by atoms with Crippen molar-refractivity contribution >= 4 is 5.91 Å². The van der Waals surface area contributed by atoms with Gasteiger partial charge in [0, 0.05) is 38.5 Å². The summed E-state index contributed by atoms with van der Waals surface area (Å²) in [5, 5.41) is 12.0. The van der Waals surface area contributed by atoms with Crippen LogP contribution in [-0.4, -0.2) is 62.1 Å². The summed E-state index contributed by atoms with van der Waals surface area (Å²) in [7, 11) is 0. The molecule has 0 radical (unpaired) electrons. The fraction of sp³-hybridized carbons (Fsp3) is 0.259. The van der Waals surface area contributed by atoms with Crippen molar-refractivity contribution in [1.29, 1.82) is 0 Å². The van der Waals surface area contributed by atoms with E-state index in [9.17, 15) is 9.18 Å². The first-order valence-corrected chi connectivity index (χ1v) is 11.8. The first-order chi connectivity index (χ1) is 17.2. The molecule has 1 aliphatic rings. The average Bonchev–Trinajstić information content (AvgIpc) is 3.37. The van der Waals surface area contributed by atoms with Crippen molar-refractivity contribution in [3.63, 3.8) is 0 Å². The van der Waals surface area contributed by atoms with Gasteiger partial charge in [0.1, 0.15) is 5.82 Å². The summed E-state index contributed by atoms with van der Waals surface area (Å²) < 4.78 is 14.9. The Kier molecular flexibility index (Phi) is 6.90. The molecule has 8 heteroatoms. The number of hydrogen-bond acceptors (Lipinski definition) is 5.